The maximum atomic E-state index is 13.9. The van der Waals surface area contributed by atoms with Crippen molar-refractivity contribution >= 4 is 17.9 Å². The Morgan fingerprint density at radius 2 is 1.63 bits per heavy atom. The van der Waals surface area contributed by atoms with Gasteiger partial charge in [0.1, 0.15) is 23.4 Å². The number of aromatic hydroxyl groups is 1. The Bertz CT molecular complexity index is 1110. The molecular formula is C30H39N3O5. The molecule has 0 saturated carbocycles. The fourth-order valence-corrected chi connectivity index (χ4v) is 3.79. The number of ether oxygens (including phenoxy) is 1. The molecular weight excluding hydrogens is 482 g/mol. The predicted octanol–water partition coefficient (Wildman–Crippen LogP) is 4.47. The maximum absolute atomic E-state index is 13.9. The van der Waals surface area contributed by atoms with Crippen molar-refractivity contribution in [2.75, 3.05) is 6.54 Å². The summed E-state index contributed by atoms with van der Waals surface area (Å²) in [4.78, 5) is 41.0. The van der Waals surface area contributed by atoms with Crippen LogP contribution in [-0.2, 0) is 27.2 Å². The molecule has 38 heavy (non-hydrogen) atoms. The first kappa shape index (κ1) is 30.2. The van der Waals surface area contributed by atoms with Gasteiger partial charge in [0, 0.05) is 19.0 Å². The highest BCUT2D eigenvalue weighted by molar-refractivity contribution is 5.93. The number of rotatable bonds is 11. The van der Waals surface area contributed by atoms with Crippen LogP contribution >= 0.6 is 0 Å². The van der Waals surface area contributed by atoms with Crippen LogP contribution in [0, 0.1) is 12.5 Å². The Balaban J connectivity index is 2.46. The molecule has 2 atom stereocenters. The number of phenols is 1. The number of alkyl carbamates (subject to hydrolysis) is 1. The van der Waals surface area contributed by atoms with Gasteiger partial charge in [-0.3, -0.25) is 14.5 Å². The minimum absolute atomic E-state index is 0.0650. The number of nitrogens with zero attached hydrogens (tertiary/aromatic N) is 1. The smallest absolute Gasteiger partial charge is 0.408 e. The van der Waals surface area contributed by atoms with Gasteiger partial charge in [0.2, 0.25) is 5.91 Å². The second kappa shape index (κ2) is 14.1. The van der Waals surface area contributed by atoms with Crippen LogP contribution in [0.5, 0.6) is 5.75 Å². The normalized spacial score (nSPS) is 12.5. The second-order valence-electron chi connectivity index (χ2n) is 10.0. The number of phenolic OH excluding ortho intramolecular Hbond substituents is 1. The number of carbonyl (C=O) groups excluding carboxylic acids is 3. The van der Waals surface area contributed by atoms with Gasteiger partial charge in [0.05, 0.1) is 0 Å². The molecule has 8 heteroatoms. The lowest BCUT2D eigenvalue weighted by Crippen LogP contribution is -2.52. The molecule has 0 heterocycles. The molecule has 0 spiro atoms. The zero-order chi connectivity index (χ0) is 28.3. The van der Waals surface area contributed by atoms with E-state index in [2.05, 4.69) is 16.7 Å². The fraction of sp³-hybridized carbons (Fsp3) is 0.433. The molecule has 0 aliphatic carbocycles. The van der Waals surface area contributed by atoms with Crippen LogP contribution in [-0.4, -0.2) is 46.1 Å². The SMILES string of the molecule is C#CN(C(=O)C(Cc1ccc(O)cc1)NC(=O)OC(C)(C)C)C(C(=O)NCCCC)c1ccc(CC)cc1. The lowest BCUT2D eigenvalue weighted by Gasteiger charge is -2.30. The molecule has 0 radical (unpaired) electrons. The number of nitrogens with one attached hydrogen (secondary N) is 2. The summed E-state index contributed by atoms with van der Waals surface area (Å²) in [5.41, 5.74) is 1.52. The van der Waals surface area contributed by atoms with E-state index in [9.17, 15) is 19.5 Å². The third-order valence-electron chi connectivity index (χ3n) is 5.78. The zero-order valence-corrected chi connectivity index (χ0v) is 22.9. The molecule has 3 amide bonds. The number of unbranched alkanes of at least 4 members (excludes halogenated alkanes) is 1. The fourth-order valence-electron chi connectivity index (χ4n) is 3.79. The number of carbonyl (C=O) groups is 3. The predicted molar refractivity (Wildman–Crippen MR) is 147 cm³/mol. The van der Waals surface area contributed by atoms with Crippen molar-refractivity contribution in [3.8, 4) is 18.2 Å². The quantitative estimate of drug-likeness (QED) is 0.230. The summed E-state index contributed by atoms with van der Waals surface area (Å²) in [6.07, 6.45) is 7.61. The summed E-state index contributed by atoms with van der Waals surface area (Å²) in [5, 5.41) is 15.2. The standard InChI is InChI=1S/C30H39N3O5/c1-7-10-19-31-27(35)26(23-15-11-21(8-2)12-16-23)33(9-3)28(36)25(32-29(37)38-30(4,5)6)20-22-13-17-24(34)18-14-22/h3,11-18,25-26,34H,7-8,10,19-20H2,1-2,4-6H3,(H,31,35)(H,32,37). The molecule has 0 fully saturated rings. The first-order valence-electron chi connectivity index (χ1n) is 12.9. The van der Waals surface area contributed by atoms with Gasteiger partial charge in [-0.15, -0.1) is 0 Å². The van der Waals surface area contributed by atoms with Gasteiger partial charge in [0.25, 0.3) is 5.91 Å². The number of amides is 3. The Morgan fingerprint density at radius 3 is 2.16 bits per heavy atom. The topological polar surface area (TPSA) is 108 Å². The van der Waals surface area contributed by atoms with Crippen molar-refractivity contribution < 1.29 is 24.2 Å². The van der Waals surface area contributed by atoms with E-state index >= 15 is 0 Å². The molecule has 0 aliphatic rings. The molecule has 204 valence electrons. The van der Waals surface area contributed by atoms with Gasteiger partial charge in [-0.2, -0.15) is 0 Å². The second-order valence-corrected chi connectivity index (χ2v) is 10.0. The summed E-state index contributed by atoms with van der Waals surface area (Å²) in [7, 11) is 0. The molecule has 0 saturated heterocycles. The van der Waals surface area contributed by atoms with Gasteiger partial charge in [-0.25, -0.2) is 4.79 Å². The van der Waals surface area contributed by atoms with Crippen molar-refractivity contribution in [2.45, 2.75) is 78.0 Å². The molecule has 2 aromatic carbocycles. The number of benzene rings is 2. The molecule has 3 N–H and O–H groups in total. The summed E-state index contributed by atoms with van der Waals surface area (Å²) >= 11 is 0. The number of hydrogen-bond acceptors (Lipinski definition) is 5. The monoisotopic (exact) mass is 521 g/mol. The third-order valence-corrected chi connectivity index (χ3v) is 5.78. The minimum atomic E-state index is -1.13. The van der Waals surface area contributed by atoms with Crippen molar-refractivity contribution in [2.24, 2.45) is 0 Å². The molecule has 0 aliphatic heterocycles. The van der Waals surface area contributed by atoms with Gasteiger partial charge in [0.15, 0.2) is 0 Å². The molecule has 2 unspecified atom stereocenters. The highest BCUT2D eigenvalue weighted by Crippen LogP contribution is 2.24. The van der Waals surface area contributed by atoms with Crippen LogP contribution in [0.15, 0.2) is 48.5 Å². The molecule has 0 bridgehead atoms. The van der Waals surface area contributed by atoms with E-state index in [1.807, 2.05) is 26.0 Å². The Hall–Kier alpha value is -3.99. The van der Waals surface area contributed by atoms with Gasteiger partial charge in [-0.1, -0.05) is 63.1 Å². The zero-order valence-electron chi connectivity index (χ0n) is 22.9. The van der Waals surface area contributed by atoms with E-state index in [0.717, 1.165) is 29.7 Å². The van der Waals surface area contributed by atoms with Crippen molar-refractivity contribution in [1.29, 1.82) is 0 Å². The average Bonchev–Trinajstić information content (AvgIpc) is 2.86. The molecule has 0 aromatic heterocycles. The lowest BCUT2D eigenvalue weighted by molar-refractivity contribution is -0.138. The number of terminal acetylenes is 1. The largest absolute Gasteiger partial charge is 0.508 e. The van der Waals surface area contributed by atoms with E-state index in [4.69, 9.17) is 11.2 Å². The van der Waals surface area contributed by atoms with Crippen LogP contribution in [0.4, 0.5) is 4.79 Å². The van der Waals surface area contributed by atoms with Crippen molar-refractivity contribution in [3.05, 3.63) is 65.2 Å². The van der Waals surface area contributed by atoms with Crippen LogP contribution in [0.1, 0.15) is 70.2 Å². The van der Waals surface area contributed by atoms with Gasteiger partial charge in [-0.05, 0) is 62.4 Å². The van der Waals surface area contributed by atoms with Gasteiger partial charge >= 0.3 is 6.09 Å². The maximum Gasteiger partial charge on any atom is 0.408 e. The highest BCUT2D eigenvalue weighted by Gasteiger charge is 2.36. The Morgan fingerprint density at radius 1 is 1.03 bits per heavy atom. The van der Waals surface area contributed by atoms with E-state index in [0.29, 0.717) is 17.7 Å². The summed E-state index contributed by atoms with van der Waals surface area (Å²) < 4.78 is 5.38. The molecule has 2 aromatic rings. The van der Waals surface area contributed by atoms with E-state index in [-0.39, 0.29) is 12.2 Å². The number of hydrogen-bond donors (Lipinski definition) is 3. The lowest BCUT2D eigenvalue weighted by atomic mass is 9.99. The van der Waals surface area contributed by atoms with Crippen LogP contribution in [0.2, 0.25) is 0 Å². The Kier molecular flexibility index (Phi) is 11.2. The van der Waals surface area contributed by atoms with Gasteiger partial charge < -0.3 is 20.5 Å². The summed E-state index contributed by atoms with van der Waals surface area (Å²) in [5.74, 6) is -0.974. The van der Waals surface area contributed by atoms with E-state index in [1.165, 1.54) is 12.1 Å². The first-order chi connectivity index (χ1) is 18.0. The number of aryl methyl sites for hydroxylation is 1. The average molecular weight is 522 g/mol. The first-order valence-corrected chi connectivity index (χ1v) is 12.9. The molecule has 2 rings (SSSR count). The van der Waals surface area contributed by atoms with Crippen molar-refractivity contribution in [3.63, 3.8) is 0 Å². The third kappa shape index (κ3) is 9.15. The highest BCUT2D eigenvalue weighted by atomic mass is 16.6. The van der Waals surface area contributed by atoms with Crippen LogP contribution in [0.3, 0.4) is 0 Å². The van der Waals surface area contributed by atoms with Crippen molar-refractivity contribution in [1.82, 2.24) is 15.5 Å². The molecule has 8 nitrogen and oxygen atoms in total. The van der Waals surface area contributed by atoms with E-state index < -0.39 is 35.6 Å². The van der Waals surface area contributed by atoms with Crippen LogP contribution < -0.4 is 10.6 Å². The Labute approximate surface area is 225 Å². The van der Waals surface area contributed by atoms with Crippen LogP contribution in [0.25, 0.3) is 0 Å². The van der Waals surface area contributed by atoms with E-state index in [1.54, 1.807) is 45.0 Å². The summed E-state index contributed by atoms with van der Waals surface area (Å²) in [6.45, 7) is 9.63. The summed E-state index contributed by atoms with van der Waals surface area (Å²) in [6, 6.07) is 13.8. The minimum Gasteiger partial charge on any atom is -0.508 e.